The molecule has 2 N–H and O–H groups in total. The second-order valence-corrected chi connectivity index (χ2v) is 5.92. The van der Waals surface area contributed by atoms with Crippen molar-refractivity contribution in [2.75, 3.05) is 13.1 Å². The third-order valence-electron chi connectivity index (χ3n) is 4.31. The lowest BCUT2D eigenvalue weighted by molar-refractivity contribution is -0.120. The summed E-state index contributed by atoms with van der Waals surface area (Å²) in [4.78, 5) is 11.7. The van der Waals surface area contributed by atoms with Crippen molar-refractivity contribution in [1.29, 1.82) is 0 Å². The molecule has 2 aliphatic carbocycles. The Labute approximate surface area is 117 Å². The van der Waals surface area contributed by atoms with E-state index in [9.17, 15) is 4.79 Å². The minimum atomic E-state index is 0.155. The summed E-state index contributed by atoms with van der Waals surface area (Å²) in [7, 11) is 0. The number of amides is 1. The fourth-order valence-electron chi connectivity index (χ4n) is 3.10. The lowest BCUT2D eigenvalue weighted by Gasteiger charge is -2.22. The zero-order valence-electron chi connectivity index (χ0n) is 12.0. The summed E-state index contributed by atoms with van der Waals surface area (Å²) in [6, 6.07) is 0.570. The molecule has 0 radical (unpaired) electrons. The average Bonchev–Trinajstić information content (AvgIpc) is 2.47. The third-order valence-corrected chi connectivity index (χ3v) is 4.31. The first-order valence-corrected chi connectivity index (χ1v) is 8.02. The Kier molecular flexibility index (Phi) is 6.42. The summed E-state index contributed by atoms with van der Waals surface area (Å²) in [6.07, 6.45) is 15.0. The van der Waals surface area contributed by atoms with Gasteiger partial charge in [-0.15, -0.1) is 0 Å². The standard InChI is InChI=1S/C16H28N2O/c19-16(13-18-15-9-5-2-6-10-15)17-12-11-14-7-3-1-4-8-14/h7,15,18H,1-6,8-13H2,(H,17,19). The van der Waals surface area contributed by atoms with E-state index in [0.29, 0.717) is 12.6 Å². The highest BCUT2D eigenvalue weighted by molar-refractivity contribution is 5.78. The molecule has 3 nitrogen and oxygen atoms in total. The van der Waals surface area contributed by atoms with E-state index in [4.69, 9.17) is 0 Å². The van der Waals surface area contributed by atoms with Gasteiger partial charge in [0.1, 0.15) is 0 Å². The van der Waals surface area contributed by atoms with Gasteiger partial charge in [-0.2, -0.15) is 0 Å². The normalized spacial score (nSPS) is 20.9. The van der Waals surface area contributed by atoms with Crippen LogP contribution >= 0.6 is 0 Å². The summed E-state index contributed by atoms with van der Waals surface area (Å²) in [5.74, 6) is 0.155. The molecule has 0 aliphatic heterocycles. The maximum Gasteiger partial charge on any atom is 0.233 e. The van der Waals surface area contributed by atoms with Crippen LogP contribution in [0.4, 0.5) is 0 Å². The van der Waals surface area contributed by atoms with Gasteiger partial charge in [0.15, 0.2) is 0 Å². The monoisotopic (exact) mass is 264 g/mol. The number of rotatable bonds is 6. The number of carbonyl (C=O) groups excluding carboxylic acids is 1. The van der Waals surface area contributed by atoms with E-state index in [-0.39, 0.29) is 5.91 Å². The average molecular weight is 264 g/mol. The molecule has 19 heavy (non-hydrogen) atoms. The van der Waals surface area contributed by atoms with Crippen molar-refractivity contribution in [3.8, 4) is 0 Å². The van der Waals surface area contributed by atoms with Crippen molar-refractivity contribution in [2.45, 2.75) is 70.3 Å². The Morgan fingerprint density at radius 1 is 1.16 bits per heavy atom. The van der Waals surface area contributed by atoms with Gasteiger partial charge in [0.25, 0.3) is 0 Å². The Bertz CT molecular complexity index is 306. The molecule has 0 saturated heterocycles. The SMILES string of the molecule is O=C(CNC1CCCCC1)NCCC1=CCCCC1. The largest absolute Gasteiger partial charge is 0.355 e. The van der Waals surface area contributed by atoms with Gasteiger partial charge in [0.05, 0.1) is 6.54 Å². The molecule has 0 aromatic heterocycles. The van der Waals surface area contributed by atoms with Crippen LogP contribution in [0.1, 0.15) is 64.2 Å². The van der Waals surface area contributed by atoms with Gasteiger partial charge in [0, 0.05) is 12.6 Å². The van der Waals surface area contributed by atoms with Crippen molar-refractivity contribution in [1.82, 2.24) is 10.6 Å². The lowest BCUT2D eigenvalue weighted by Crippen LogP contribution is -2.40. The maximum atomic E-state index is 11.7. The van der Waals surface area contributed by atoms with Gasteiger partial charge in [0.2, 0.25) is 5.91 Å². The molecule has 0 atom stereocenters. The molecule has 1 amide bonds. The van der Waals surface area contributed by atoms with Crippen LogP contribution in [-0.4, -0.2) is 25.0 Å². The van der Waals surface area contributed by atoms with Crippen molar-refractivity contribution in [2.24, 2.45) is 0 Å². The predicted molar refractivity (Wildman–Crippen MR) is 79.1 cm³/mol. The van der Waals surface area contributed by atoms with Crippen molar-refractivity contribution in [3.05, 3.63) is 11.6 Å². The third kappa shape index (κ3) is 5.77. The minimum Gasteiger partial charge on any atom is -0.355 e. The van der Waals surface area contributed by atoms with Gasteiger partial charge < -0.3 is 10.6 Å². The molecule has 1 fully saturated rings. The van der Waals surface area contributed by atoms with E-state index in [2.05, 4.69) is 16.7 Å². The highest BCUT2D eigenvalue weighted by Gasteiger charge is 2.13. The fraction of sp³-hybridized carbons (Fsp3) is 0.812. The van der Waals surface area contributed by atoms with E-state index in [0.717, 1.165) is 13.0 Å². The van der Waals surface area contributed by atoms with Gasteiger partial charge in [-0.3, -0.25) is 4.79 Å². The minimum absolute atomic E-state index is 0.155. The molecule has 0 spiro atoms. The van der Waals surface area contributed by atoms with Crippen LogP contribution in [0.25, 0.3) is 0 Å². The van der Waals surface area contributed by atoms with Crippen molar-refractivity contribution >= 4 is 5.91 Å². The van der Waals surface area contributed by atoms with Gasteiger partial charge in [-0.05, 0) is 44.9 Å². The van der Waals surface area contributed by atoms with Gasteiger partial charge in [-0.1, -0.05) is 30.9 Å². The van der Waals surface area contributed by atoms with Gasteiger partial charge >= 0.3 is 0 Å². The Morgan fingerprint density at radius 3 is 2.74 bits per heavy atom. The number of nitrogens with one attached hydrogen (secondary N) is 2. The molecule has 0 unspecified atom stereocenters. The van der Waals surface area contributed by atoms with Crippen LogP contribution in [0, 0.1) is 0 Å². The molecule has 1 saturated carbocycles. The predicted octanol–water partition coefficient (Wildman–Crippen LogP) is 2.92. The van der Waals surface area contributed by atoms with E-state index < -0.39 is 0 Å². The second kappa shape index (κ2) is 8.36. The Balaban J connectivity index is 1.52. The first-order valence-electron chi connectivity index (χ1n) is 8.02. The van der Waals surface area contributed by atoms with Crippen LogP contribution in [0.3, 0.4) is 0 Å². The zero-order chi connectivity index (χ0) is 13.3. The van der Waals surface area contributed by atoms with Crippen LogP contribution in [0.2, 0.25) is 0 Å². The summed E-state index contributed by atoms with van der Waals surface area (Å²) < 4.78 is 0. The number of allylic oxidation sites excluding steroid dienone is 1. The van der Waals surface area contributed by atoms with Crippen LogP contribution in [-0.2, 0) is 4.79 Å². The molecule has 2 aliphatic rings. The molecule has 3 heteroatoms. The molecular formula is C16H28N2O. The van der Waals surface area contributed by atoms with Crippen molar-refractivity contribution < 1.29 is 4.79 Å². The smallest absolute Gasteiger partial charge is 0.233 e. The zero-order valence-corrected chi connectivity index (χ0v) is 12.0. The van der Waals surface area contributed by atoms with E-state index in [1.165, 1.54) is 63.4 Å². The number of carbonyl (C=O) groups is 1. The summed E-state index contributed by atoms with van der Waals surface area (Å²) in [6.45, 7) is 1.29. The molecular weight excluding hydrogens is 236 g/mol. The van der Waals surface area contributed by atoms with Crippen molar-refractivity contribution in [3.63, 3.8) is 0 Å². The second-order valence-electron chi connectivity index (χ2n) is 5.92. The quantitative estimate of drug-likeness (QED) is 0.724. The molecule has 0 aromatic carbocycles. The topological polar surface area (TPSA) is 41.1 Å². The molecule has 108 valence electrons. The van der Waals surface area contributed by atoms with Crippen LogP contribution in [0.5, 0.6) is 0 Å². The number of hydrogen-bond acceptors (Lipinski definition) is 2. The summed E-state index contributed by atoms with van der Waals surface area (Å²) in [5.41, 5.74) is 1.53. The summed E-state index contributed by atoms with van der Waals surface area (Å²) in [5, 5.41) is 6.41. The first-order chi connectivity index (χ1) is 9.34. The number of hydrogen-bond donors (Lipinski definition) is 2. The molecule has 0 aromatic rings. The van der Waals surface area contributed by atoms with E-state index >= 15 is 0 Å². The molecule has 0 heterocycles. The van der Waals surface area contributed by atoms with Crippen LogP contribution < -0.4 is 10.6 Å². The van der Waals surface area contributed by atoms with Crippen LogP contribution in [0.15, 0.2) is 11.6 Å². The highest BCUT2D eigenvalue weighted by Crippen LogP contribution is 2.19. The maximum absolute atomic E-state index is 11.7. The molecule has 2 rings (SSSR count). The first kappa shape index (κ1) is 14.6. The molecule has 0 bridgehead atoms. The van der Waals surface area contributed by atoms with Gasteiger partial charge in [-0.25, -0.2) is 0 Å². The Hall–Kier alpha value is -0.830. The Morgan fingerprint density at radius 2 is 2.00 bits per heavy atom. The highest BCUT2D eigenvalue weighted by atomic mass is 16.1. The fourth-order valence-corrected chi connectivity index (χ4v) is 3.10. The van der Waals surface area contributed by atoms with E-state index in [1.54, 1.807) is 0 Å². The summed E-state index contributed by atoms with van der Waals surface area (Å²) >= 11 is 0. The lowest BCUT2D eigenvalue weighted by atomic mass is 9.95. The van der Waals surface area contributed by atoms with E-state index in [1.807, 2.05) is 0 Å².